The van der Waals surface area contributed by atoms with E-state index < -0.39 is 18.2 Å². The van der Waals surface area contributed by atoms with Crippen LogP contribution in [-0.2, 0) is 0 Å². The van der Waals surface area contributed by atoms with Crippen LogP contribution in [0.1, 0.15) is 25.7 Å². The van der Waals surface area contributed by atoms with Crippen LogP contribution in [-0.4, -0.2) is 41.9 Å². The van der Waals surface area contributed by atoms with Crippen LogP contribution in [0.15, 0.2) is 12.2 Å². The lowest BCUT2D eigenvalue weighted by atomic mass is 9.88. The Morgan fingerprint density at radius 2 is 1.85 bits per heavy atom. The number of alkyl halides is 3. The summed E-state index contributed by atoms with van der Waals surface area (Å²) in [4.78, 5) is 2.29. The van der Waals surface area contributed by atoms with Crippen molar-refractivity contribution in [2.45, 2.75) is 38.0 Å². The Kier molecular flexibility index (Phi) is 3.84. The SMILES string of the molecule is OC(C1CCN(CC2CC3C=CC2C3)CC1)C(F)(F)F. The number of nitrogens with zero attached hydrogens (tertiary/aromatic N) is 1. The van der Waals surface area contributed by atoms with Crippen molar-refractivity contribution in [1.82, 2.24) is 4.90 Å². The van der Waals surface area contributed by atoms with Crippen LogP contribution in [0.5, 0.6) is 0 Å². The van der Waals surface area contributed by atoms with Gasteiger partial charge in [-0.2, -0.15) is 13.2 Å². The molecular formula is C15H22F3NO. The molecule has 0 aromatic heterocycles. The second-order valence-corrected chi connectivity index (χ2v) is 6.66. The van der Waals surface area contributed by atoms with Gasteiger partial charge < -0.3 is 10.0 Å². The van der Waals surface area contributed by atoms with Crippen LogP contribution in [0.3, 0.4) is 0 Å². The summed E-state index contributed by atoms with van der Waals surface area (Å²) >= 11 is 0. The summed E-state index contributed by atoms with van der Waals surface area (Å²) in [6.07, 6.45) is 1.44. The van der Waals surface area contributed by atoms with E-state index in [0.29, 0.717) is 37.8 Å². The third-order valence-corrected chi connectivity index (χ3v) is 5.32. The molecule has 1 aliphatic heterocycles. The molecule has 3 aliphatic rings. The zero-order chi connectivity index (χ0) is 14.3. The lowest BCUT2D eigenvalue weighted by Gasteiger charge is -2.36. The Morgan fingerprint density at radius 3 is 2.35 bits per heavy atom. The predicted molar refractivity (Wildman–Crippen MR) is 70.1 cm³/mol. The van der Waals surface area contributed by atoms with Gasteiger partial charge in [-0.1, -0.05) is 12.2 Å². The minimum absolute atomic E-state index is 0.456. The highest BCUT2D eigenvalue weighted by Gasteiger charge is 2.44. The van der Waals surface area contributed by atoms with Crippen LogP contribution < -0.4 is 0 Å². The zero-order valence-corrected chi connectivity index (χ0v) is 11.5. The minimum Gasteiger partial charge on any atom is -0.383 e. The van der Waals surface area contributed by atoms with Crippen LogP contribution in [0.4, 0.5) is 13.2 Å². The van der Waals surface area contributed by atoms with Gasteiger partial charge in [0, 0.05) is 6.54 Å². The summed E-state index contributed by atoms with van der Waals surface area (Å²) < 4.78 is 37.5. The molecular weight excluding hydrogens is 267 g/mol. The first-order valence-electron chi connectivity index (χ1n) is 7.59. The fourth-order valence-electron chi connectivity index (χ4n) is 4.15. The first-order chi connectivity index (χ1) is 9.43. The average Bonchev–Trinajstić information content (AvgIpc) is 3.00. The van der Waals surface area contributed by atoms with E-state index in [-0.39, 0.29) is 0 Å². The van der Waals surface area contributed by atoms with Crippen LogP contribution in [0.25, 0.3) is 0 Å². The third kappa shape index (κ3) is 2.89. The monoisotopic (exact) mass is 289 g/mol. The Morgan fingerprint density at radius 1 is 1.15 bits per heavy atom. The fraction of sp³-hybridized carbons (Fsp3) is 0.867. The molecule has 1 N–H and O–H groups in total. The van der Waals surface area contributed by atoms with Gasteiger partial charge >= 0.3 is 6.18 Å². The van der Waals surface area contributed by atoms with Gasteiger partial charge in [0.25, 0.3) is 0 Å². The highest BCUT2D eigenvalue weighted by atomic mass is 19.4. The second-order valence-electron chi connectivity index (χ2n) is 6.66. The summed E-state index contributed by atoms with van der Waals surface area (Å²) in [5.41, 5.74) is 0. The quantitative estimate of drug-likeness (QED) is 0.808. The van der Waals surface area contributed by atoms with Crippen molar-refractivity contribution in [3.8, 4) is 0 Å². The van der Waals surface area contributed by atoms with E-state index in [9.17, 15) is 18.3 Å². The first-order valence-corrected chi connectivity index (χ1v) is 7.59. The number of allylic oxidation sites excluding steroid dienone is 2. The molecule has 5 heteroatoms. The van der Waals surface area contributed by atoms with E-state index in [1.807, 2.05) is 0 Å². The van der Waals surface area contributed by atoms with Gasteiger partial charge in [-0.3, -0.25) is 0 Å². The lowest BCUT2D eigenvalue weighted by molar-refractivity contribution is -0.223. The molecule has 4 unspecified atom stereocenters. The van der Waals surface area contributed by atoms with Crippen molar-refractivity contribution in [2.24, 2.45) is 23.7 Å². The Bertz CT molecular complexity index is 374. The third-order valence-electron chi connectivity index (χ3n) is 5.32. The molecule has 2 bridgehead atoms. The molecule has 2 nitrogen and oxygen atoms in total. The van der Waals surface area contributed by atoms with Crippen molar-refractivity contribution in [3.05, 3.63) is 12.2 Å². The molecule has 2 aliphatic carbocycles. The van der Waals surface area contributed by atoms with E-state index in [1.54, 1.807) is 0 Å². The largest absolute Gasteiger partial charge is 0.414 e. The maximum Gasteiger partial charge on any atom is 0.414 e. The highest BCUT2D eigenvalue weighted by Crippen LogP contribution is 2.44. The Hall–Kier alpha value is -0.550. The number of rotatable bonds is 3. The molecule has 1 saturated heterocycles. The van der Waals surface area contributed by atoms with Crippen molar-refractivity contribution in [3.63, 3.8) is 0 Å². The molecule has 3 rings (SSSR count). The predicted octanol–water partition coefficient (Wildman–Crippen LogP) is 2.83. The van der Waals surface area contributed by atoms with Crippen LogP contribution >= 0.6 is 0 Å². The fourth-order valence-corrected chi connectivity index (χ4v) is 4.15. The molecule has 4 atom stereocenters. The summed E-state index contributed by atoms with van der Waals surface area (Å²) in [5.74, 6) is 1.51. The number of likely N-dealkylation sites (tertiary alicyclic amines) is 1. The lowest BCUT2D eigenvalue weighted by Crippen LogP contribution is -2.44. The van der Waals surface area contributed by atoms with Crippen molar-refractivity contribution < 1.29 is 18.3 Å². The molecule has 2 fully saturated rings. The molecule has 0 spiro atoms. The maximum atomic E-state index is 12.5. The summed E-state index contributed by atoms with van der Waals surface area (Å²) in [6, 6.07) is 0. The van der Waals surface area contributed by atoms with Gasteiger partial charge in [0.05, 0.1) is 0 Å². The van der Waals surface area contributed by atoms with Gasteiger partial charge in [-0.15, -0.1) is 0 Å². The van der Waals surface area contributed by atoms with E-state index >= 15 is 0 Å². The smallest absolute Gasteiger partial charge is 0.383 e. The molecule has 0 aromatic rings. The summed E-state index contributed by atoms with van der Waals surface area (Å²) in [6.45, 7) is 2.39. The van der Waals surface area contributed by atoms with Crippen molar-refractivity contribution in [2.75, 3.05) is 19.6 Å². The van der Waals surface area contributed by atoms with Crippen LogP contribution in [0.2, 0.25) is 0 Å². The van der Waals surface area contributed by atoms with Gasteiger partial charge in [0.2, 0.25) is 0 Å². The number of halogens is 3. The number of aliphatic hydroxyl groups excluding tert-OH is 1. The van der Waals surface area contributed by atoms with Crippen molar-refractivity contribution in [1.29, 1.82) is 0 Å². The average molecular weight is 289 g/mol. The number of piperidine rings is 1. The van der Waals surface area contributed by atoms with Gasteiger partial charge in [-0.25, -0.2) is 0 Å². The second kappa shape index (κ2) is 5.34. The van der Waals surface area contributed by atoms with Gasteiger partial charge in [-0.05, 0) is 62.4 Å². The standard InChI is InChI=1S/C15H22F3NO/c16-15(17,18)14(20)11-3-5-19(6-4-11)9-13-8-10-1-2-12(13)7-10/h1-2,10-14,20H,3-9H2. The normalized spacial score (nSPS) is 36.7. The van der Waals surface area contributed by atoms with Crippen LogP contribution in [0, 0.1) is 23.7 Å². The molecule has 0 aromatic carbocycles. The molecule has 0 radical (unpaired) electrons. The maximum absolute atomic E-state index is 12.5. The molecule has 1 saturated carbocycles. The van der Waals surface area contributed by atoms with E-state index in [4.69, 9.17) is 0 Å². The number of fused-ring (bicyclic) bond motifs is 2. The van der Waals surface area contributed by atoms with E-state index in [1.165, 1.54) is 12.8 Å². The van der Waals surface area contributed by atoms with Gasteiger partial charge in [0.15, 0.2) is 6.10 Å². The summed E-state index contributed by atoms with van der Waals surface area (Å²) in [5, 5.41) is 9.31. The topological polar surface area (TPSA) is 23.5 Å². The van der Waals surface area contributed by atoms with Gasteiger partial charge in [0.1, 0.15) is 0 Å². The summed E-state index contributed by atoms with van der Waals surface area (Å²) in [7, 11) is 0. The molecule has 0 amide bonds. The zero-order valence-electron chi connectivity index (χ0n) is 11.5. The number of hydrogen-bond acceptors (Lipinski definition) is 2. The van der Waals surface area contributed by atoms with E-state index in [0.717, 1.165) is 12.5 Å². The minimum atomic E-state index is -4.47. The Labute approximate surface area is 117 Å². The Balaban J connectivity index is 1.46. The van der Waals surface area contributed by atoms with Crippen molar-refractivity contribution >= 4 is 0 Å². The van der Waals surface area contributed by atoms with E-state index in [2.05, 4.69) is 17.1 Å². The molecule has 20 heavy (non-hydrogen) atoms. The first kappa shape index (κ1) is 14.4. The number of aliphatic hydroxyl groups is 1. The molecule has 114 valence electrons. The molecule has 1 heterocycles. The number of hydrogen-bond donors (Lipinski definition) is 1. The highest BCUT2D eigenvalue weighted by molar-refractivity contribution is 5.10.